The summed E-state index contributed by atoms with van der Waals surface area (Å²) in [6.07, 6.45) is -0.688. The van der Waals surface area contributed by atoms with E-state index in [0.29, 0.717) is 6.61 Å². The van der Waals surface area contributed by atoms with Crippen LogP contribution in [0.2, 0.25) is 0 Å². The maximum absolute atomic E-state index is 11.6. The molecule has 2 N–H and O–H groups in total. The van der Waals surface area contributed by atoms with Crippen molar-refractivity contribution in [1.29, 1.82) is 0 Å². The van der Waals surface area contributed by atoms with Gasteiger partial charge in [0.05, 0.1) is 6.61 Å². The first-order chi connectivity index (χ1) is 8.50. The number of ether oxygens (including phenoxy) is 1. The Balaban J connectivity index is 2.39. The van der Waals surface area contributed by atoms with Crippen LogP contribution in [0.15, 0.2) is 30.3 Å². The maximum atomic E-state index is 11.6. The first-order valence-electron chi connectivity index (χ1n) is 5.69. The third-order valence-corrected chi connectivity index (χ3v) is 2.44. The van der Waals surface area contributed by atoms with Gasteiger partial charge < -0.3 is 15.2 Å². The molecule has 0 aromatic heterocycles. The number of amides is 1. The van der Waals surface area contributed by atoms with Crippen LogP contribution in [0.1, 0.15) is 19.4 Å². The predicted octanol–water partition coefficient (Wildman–Crippen LogP) is 1.18. The Labute approximate surface area is 106 Å². The van der Waals surface area contributed by atoms with Crippen LogP contribution in [0.3, 0.4) is 0 Å². The molecule has 0 saturated carbocycles. The molecular formula is C13H17NO4. The molecule has 0 aliphatic heterocycles. The number of rotatable bonds is 6. The normalized spacial score (nSPS) is 13.7. The number of aliphatic carboxylic acids is 1. The van der Waals surface area contributed by atoms with Gasteiger partial charge in [-0.15, -0.1) is 0 Å². The molecule has 2 atom stereocenters. The monoisotopic (exact) mass is 251 g/mol. The van der Waals surface area contributed by atoms with Gasteiger partial charge in [0, 0.05) is 0 Å². The summed E-state index contributed by atoms with van der Waals surface area (Å²) in [5.74, 6) is -1.50. The Morgan fingerprint density at radius 3 is 2.44 bits per heavy atom. The van der Waals surface area contributed by atoms with Crippen LogP contribution >= 0.6 is 0 Å². The van der Waals surface area contributed by atoms with E-state index in [1.807, 2.05) is 30.3 Å². The molecule has 0 unspecified atom stereocenters. The smallest absolute Gasteiger partial charge is 0.325 e. The number of hydrogen-bond acceptors (Lipinski definition) is 3. The van der Waals surface area contributed by atoms with Gasteiger partial charge in [-0.1, -0.05) is 30.3 Å². The second-order valence-corrected chi connectivity index (χ2v) is 4.01. The summed E-state index contributed by atoms with van der Waals surface area (Å²) >= 11 is 0. The molecule has 5 heteroatoms. The Bertz CT molecular complexity index is 405. The van der Waals surface area contributed by atoms with Gasteiger partial charge in [-0.25, -0.2) is 0 Å². The molecule has 0 aliphatic carbocycles. The lowest BCUT2D eigenvalue weighted by molar-refractivity contribution is -0.143. The molecule has 1 aromatic rings. The van der Waals surface area contributed by atoms with Crippen LogP contribution in [0, 0.1) is 0 Å². The largest absolute Gasteiger partial charge is 0.480 e. The van der Waals surface area contributed by atoms with Crippen molar-refractivity contribution in [2.75, 3.05) is 0 Å². The topological polar surface area (TPSA) is 75.6 Å². The van der Waals surface area contributed by atoms with E-state index in [0.717, 1.165) is 5.56 Å². The zero-order valence-electron chi connectivity index (χ0n) is 10.4. The standard InChI is InChI=1S/C13H17NO4/c1-9(13(16)17)14-12(15)10(2)18-8-11-6-4-3-5-7-11/h3-7,9-10H,8H2,1-2H3,(H,14,15)(H,16,17)/t9-,10-/m0/s1. The molecule has 0 aliphatic rings. The zero-order chi connectivity index (χ0) is 13.5. The van der Waals surface area contributed by atoms with Gasteiger partial charge in [-0.3, -0.25) is 9.59 Å². The zero-order valence-corrected chi connectivity index (χ0v) is 10.4. The van der Waals surface area contributed by atoms with Crippen molar-refractivity contribution in [1.82, 2.24) is 5.32 Å². The number of benzene rings is 1. The average Bonchev–Trinajstić information content (AvgIpc) is 2.36. The summed E-state index contributed by atoms with van der Waals surface area (Å²) < 4.78 is 5.37. The summed E-state index contributed by atoms with van der Waals surface area (Å²) in [6.45, 7) is 3.31. The Morgan fingerprint density at radius 2 is 1.89 bits per heavy atom. The molecule has 1 rings (SSSR count). The van der Waals surface area contributed by atoms with Crippen molar-refractivity contribution >= 4 is 11.9 Å². The molecule has 0 heterocycles. The number of carboxylic acid groups (broad SMARTS) is 1. The van der Waals surface area contributed by atoms with Crippen molar-refractivity contribution in [3.05, 3.63) is 35.9 Å². The minimum absolute atomic E-state index is 0.316. The number of carbonyl (C=O) groups excluding carboxylic acids is 1. The van der Waals surface area contributed by atoms with E-state index < -0.39 is 24.0 Å². The van der Waals surface area contributed by atoms with Crippen molar-refractivity contribution in [3.8, 4) is 0 Å². The van der Waals surface area contributed by atoms with E-state index in [2.05, 4.69) is 5.32 Å². The van der Waals surface area contributed by atoms with E-state index >= 15 is 0 Å². The third kappa shape index (κ3) is 4.55. The van der Waals surface area contributed by atoms with Crippen LogP contribution in [-0.2, 0) is 20.9 Å². The number of nitrogens with one attached hydrogen (secondary N) is 1. The molecular weight excluding hydrogens is 234 g/mol. The van der Waals surface area contributed by atoms with Crippen LogP contribution < -0.4 is 5.32 Å². The fourth-order valence-corrected chi connectivity index (χ4v) is 1.26. The Hall–Kier alpha value is -1.88. The highest BCUT2D eigenvalue weighted by Gasteiger charge is 2.19. The summed E-state index contributed by atoms with van der Waals surface area (Å²) in [4.78, 5) is 22.2. The molecule has 0 saturated heterocycles. The molecule has 1 aromatic carbocycles. The van der Waals surface area contributed by atoms with Crippen molar-refractivity contribution in [3.63, 3.8) is 0 Å². The molecule has 0 bridgehead atoms. The quantitative estimate of drug-likeness (QED) is 0.796. The van der Waals surface area contributed by atoms with Crippen LogP contribution in [-0.4, -0.2) is 29.1 Å². The van der Waals surface area contributed by atoms with E-state index in [1.54, 1.807) is 6.92 Å². The highest BCUT2D eigenvalue weighted by Crippen LogP contribution is 2.03. The SMILES string of the molecule is C[C@H](NC(=O)[C@H](C)OCc1ccccc1)C(=O)O. The predicted molar refractivity (Wildman–Crippen MR) is 65.9 cm³/mol. The van der Waals surface area contributed by atoms with E-state index in [-0.39, 0.29) is 0 Å². The lowest BCUT2D eigenvalue weighted by Crippen LogP contribution is -2.43. The maximum Gasteiger partial charge on any atom is 0.325 e. The van der Waals surface area contributed by atoms with Gasteiger partial charge in [0.15, 0.2) is 0 Å². The third-order valence-electron chi connectivity index (χ3n) is 2.44. The van der Waals surface area contributed by atoms with Gasteiger partial charge in [-0.2, -0.15) is 0 Å². The summed E-state index contributed by atoms with van der Waals surface area (Å²) in [7, 11) is 0. The number of hydrogen-bond donors (Lipinski definition) is 2. The fourth-order valence-electron chi connectivity index (χ4n) is 1.26. The van der Waals surface area contributed by atoms with Gasteiger partial charge in [0.1, 0.15) is 12.1 Å². The van der Waals surface area contributed by atoms with E-state index in [9.17, 15) is 9.59 Å². The molecule has 0 radical (unpaired) electrons. The fraction of sp³-hybridized carbons (Fsp3) is 0.385. The van der Waals surface area contributed by atoms with Crippen molar-refractivity contribution in [2.45, 2.75) is 32.6 Å². The summed E-state index contributed by atoms with van der Waals surface area (Å²) in [5, 5.41) is 11.0. The van der Waals surface area contributed by atoms with Gasteiger partial charge >= 0.3 is 5.97 Å². The summed E-state index contributed by atoms with van der Waals surface area (Å²) in [6, 6.07) is 8.54. The lowest BCUT2D eigenvalue weighted by Gasteiger charge is -2.15. The second kappa shape index (κ2) is 6.76. The highest BCUT2D eigenvalue weighted by molar-refractivity contribution is 5.85. The molecule has 0 spiro atoms. The van der Waals surface area contributed by atoms with E-state index in [4.69, 9.17) is 9.84 Å². The van der Waals surface area contributed by atoms with Gasteiger partial charge in [0.2, 0.25) is 5.91 Å². The molecule has 0 fully saturated rings. The van der Waals surface area contributed by atoms with Gasteiger partial charge in [-0.05, 0) is 19.4 Å². The van der Waals surface area contributed by atoms with Crippen molar-refractivity contribution in [2.24, 2.45) is 0 Å². The second-order valence-electron chi connectivity index (χ2n) is 4.01. The first-order valence-corrected chi connectivity index (χ1v) is 5.69. The minimum atomic E-state index is -1.07. The van der Waals surface area contributed by atoms with E-state index in [1.165, 1.54) is 6.92 Å². The lowest BCUT2D eigenvalue weighted by atomic mass is 10.2. The molecule has 98 valence electrons. The summed E-state index contributed by atoms with van der Waals surface area (Å²) in [5.41, 5.74) is 0.962. The number of carbonyl (C=O) groups is 2. The number of carboxylic acids is 1. The Kier molecular flexibility index (Phi) is 5.32. The van der Waals surface area contributed by atoms with Crippen LogP contribution in [0.5, 0.6) is 0 Å². The van der Waals surface area contributed by atoms with Crippen molar-refractivity contribution < 1.29 is 19.4 Å². The molecule has 1 amide bonds. The average molecular weight is 251 g/mol. The minimum Gasteiger partial charge on any atom is -0.480 e. The Morgan fingerprint density at radius 1 is 1.28 bits per heavy atom. The first kappa shape index (κ1) is 14.2. The van der Waals surface area contributed by atoms with Crippen LogP contribution in [0.25, 0.3) is 0 Å². The van der Waals surface area contributed by atoms with Crippen LogP contribution in [0.4, 0.5) is 0 Å². The highest BCUT2D eigenvalue weighted by atomic mass is 16.5. The molecule has 5 nitrogen and oxygen atoms in total. The van der Waals surface area contributed by atoms with Gasteiger partial charge in [0.25, 0.3) is 0 Å². The molecule has 18 heavy (non-hydrogen) atoms.